The van der Waals surface area contributed by atoms with Gasteiger partial charge in [0.2, 0.25) is 0 Å². The van der Waals surface area contributed by atoms with Gasteiger partial charge in [0.25, 0.3) is 0 Å². The van der Waals surface area contributed by atoms with E-state index in [-0.39, 0.29) is 0 Å². The second kappa shape index (κ2) is 4.55. The van der Waals surface area contributed by atoms with Crippen LogP contribution in [0.2, 0.25) is 0 Å². The van der Waals surface area contributed by atoms with Gasteiger partial charge in [0.05, 0.1) is 6.20 Å². The van der Waals surface area contributed by atoms with Crippen LogP contribution in [0.1, 0.15) is 22.0 Å². The minimum atomic E-state index is 0.823. The molecule has 2 aromatic heterocycles. The highest BCUT2D eigenvalue weighted by Gasteiger charge is 2.01. The number of thiazole rings is 1. The summed E-state index contributed by atoms with van der Waals surface area (Å²) in [7, 11) is 0. The van der Waals surface area contributed by atoms with E-state index in [0.717, 1.165) is 29.5 Å². The second-order valence-corrected chi connectivity index (χ2v) is 4.45. The van der Waals surface area contributed by atoms with E-state index in [1.165, 1.54) is 5.56 Å². The Morgan fingerprint density at radius 1 is 1.40 bits per heavy atom. The molecule has 0 radical (unpaired) electrons. The van der Waals surface area contributed by atoms with Gasteiger partial charge in [-0.3, -0.25) is 5.10 Å². The molecule has 0 atom stereocenters. The summed E-state index contributed by atoms with van der Waals surface area (Å²) in [6.07, 6.45) is 1.86. The summed E-state index contributed by atoms with van der Waals surface area (Å²) in [5, 5.41) is 13.4. The summed E-state index contributed by atoms with van der Waals surface area (Å²) < 4.78 is 0. The van der Waals surface area contributed by atoms with Crippen LogP contribution in [0, 0.1) is 13.8 Å². The minimum Gasteiger partial charge on any atom is -0.306 e. The summed E-state index contributed by atoms with van der Waals surface area (Å²) in [5.74, 6) is 0. The Balaban J connectivity index is 1.83. The van der Waals surface area contributed by atoms with Crippen LogP contribution in [0.25, 0.3) is 0 Å². The number of aryl methyl sites for hydroxylation is 2. The van der Waals surface area contributed by atoms with E-state index in [4.69, 9.17) is 0 Å². The molecule has 0 bridgehead atoms. The zero-order chi connectivity index (χ0) is 10.7. The molecule has 0 fully saturated rings. The van der Waals surface area contributed by atoms with E-state index >= 15 is 0 Å². The first kappa shape index (κ1) is 10.3. The summed E-state index contributed by atoms with van der Waals surface area (Å²) in [5.41, 5.74) is 3.43. The van der Waals surface area contributed by atoms with Crippen molar-refractivity contribution in [3.8, 4) is 0 Å². The molecule has 0 saturated heterocycles. The van der Waals surface area contributed by atoms with Crippen LogP contribution in [0.5, 0.6) is 0 Å². The Morgan fingerprint density at radius 3 is 2.87 bits per heavy atom. The van der Waals surface area contributed by atoms with Crippen LogP contribution < -0.4 is 5.32 Å². The predicted octanol–water partition coefficient (Wildman–Crippen LogP) is 1.77. The molecule has 0 aliphatic rings. The number of aromatic nitrogens is 3. The fourth-order valence-electron chi connectivity index (χ4n) is 1.34. The van der Waals surface area contributed by atoms with Crippen molar-refractivity contribution >= 4 is 11.3 Å². The Kier molecular flexibility index (Phi) is 3.13. The number of aromatic amines is 1. The third-order valence-electron chi connectivity index (χ3n) is 2.19. The van der Waals surface area contributed by atoms with Crippen molar-refractivity contribution < 1.29 is 0 Å². The molecule has 80 valence electrons. The highest BCUT2D eigenvalue weighted by molar-refractivity contribution is 7.09. The number of nitrogens with zero attached hydrogens (tertiary/aromatic N) is 2. The molecule has 5 heteroatoms. The SMILES string of the molecule is Cc1csc(CNCc2cn[nH]c2C)n1. The molecule has 0 unspecified atom stereocenters. The third-order valence-corrected chi connectivity index (χ3v) is 3.16. The maximum atomic E-state index is 4.38. The lowest BCUT2D eigenvalue weighted by molar-refractivity contribution is 0.686. The standard InChI is InChI=1S/C10H14N4S/c1-7-6-15-10(13-7)5-11-3-9-4-12-14-8(9)2/h4,6,11H,3,5H2,1-2H3,(H,12,14). The van der Waals surface area contributed by atoms with Crippen LogP contribution in [0.3, 0.4) is 0 Å². The van der Waals surface area contributed by atoms with Gasteiger partial charge in [-0.1, -0.05) is 0 Å². The lowest BCUT2D eigenvalue weighted by atomic mass is 10.3. The highest BCUT2D eigenvalue weighted by atomic mass is 32.1. The van der Waals surface area contributed by atoms with Crippen molar-refractivity contribution in [2.75, 3.05) is 0 Å². The molecule has 0 amide bonds. The molecule has 2 aromatic rings. The van der Waals surface area contributed by atoms with Gasteiger partial charge in [-0.2, -0.15) is 5.10 Å². The fourth-order valence-corrected chi connectivity index (χ4v) is 2.08. The summed E-state index contributed by atoms with van der Waals surface area (Å²) >= 11 is 1.69. The molecule has 2 heterocycles. The van der Waals surface area contributed by atoms with Crippen molar-refractivity contribution in [2.24, 2.45) is 0 Å². The largest absolute Gasteiger partial charge is 0.306 e. The molecule has 0 spiro atoms. The molecule has 0 saturated carbocycles. The average molecular weight is 222 g/mol. The van der Waals surface area contributed by atoms with Crippen LogP contribution in [-0.4, -0.2) is 15.2 Å². The molecule has 0 aromatic carbocycles. The summed E-state index contributed by atoms with van der Waals surface area (Å²) in [6, 6.07) is 0. The molecule has 2 N–H and O–H groups in total. The minimum absolute atomic E-state index is 0.823. The molecule has 4 nitrogen and oxygen atoms in total. The van der Waals surface area contributed by atoms with Crippen LogP contribution in [-0.2, 0) is 13.1 Å². The van der Waals surface area contributed by atoms with Gasteiger partial charge in [0.1, 0.15) is 5.01 Å². The van der Waals surface area contributed by atoms with Gasteiger partial charge in [0, 0.05) is 35.4 Å². The number of H-pyrrole nitrogens is 1. The maximum absolute atomic E-state index is 4.38. The number of hydrogen-bond acceptors (Lipinski definition) is 4. The van der Waals surface area contributed by atoms with Crippen molar-refractivity contribution in [3.05, 3.63) is 33.5 Å². The maximum Gasteiger partial charge on any atom is 0.107 e. The van der Waals surface area contributed by atoms with E-state index in [0.29, 0.717) is 0 Å². The van der Waals surface area contributed by atoms with E-state index < -0.39 is 0 Å². The zero-order valence-electron chi connectivity index (χ0n) is 8.87. The Hall–Kier alpha value is -1.20. The van der Waals surface area contributed by atoms with Crippen LogP contribution >= 0.6 is 11.3 Å². The van der Waals surface area contributed by atoms with Gasteiger partial charge < -0.3 is 5.32 Å². The predicted molar refractivity (Wildman–Crippen MR) is 60.7 cm³/mol. The third kappa shape index (κ3) is 2.64. The molecule has 15 heavy (non-hydrogen) atoms. The van der Waals surface area contributed by atoms with E-state index in [2.05, 4.69) is 25.9 Å². The van der Waals surface area contributed by atoms with Gasteiger partial charge in [-0.05, 0) is 13.8 Å². The van der Waals surface area contributed by atoms with Gasteiger partial charge >= 0.3 is 0 Å². The lowest BCUT2D eigenvalue weighted by Crippen LogP contribution is -2.12. The van der Waals surface area contributed by atoms with E-state index in [1.807, 2.05) is 20.0 Å². The Labute approximate surface area is 92.8 Å². The fraction of sp³-hybridized carbons (Fsp3) is 0.400. The summed E-state index contributed by atoms with van der Waals surface area (Å²) in [6.45, 7) is 5.70. The quantitative estimate of drug-likeness (QED) is 0.829. The average Bonchev–Trinajstić information content (AvgIpc) is 2.77. The van der Waals surface area contributed by atoms with Crippen LogP contribution in [0.15, 0.2) is 11.6 Å². The van der Waals surface area contributed by atoms with Crippen LogP contribution in [0.4, 0.5) is 0 Å². The van der Waals surface area contributed by atoms with Gasteiger partial charge in [-0.15, -0.1) is 11.3 Å². The van der Waals surface area contributed by atoms with Crippen molar-refractivity contribution in [1.82, 2.24) is 20.5 Å². The van der Waals surface area contributed by atoms with E-state index in [9.17, 15) is 0 Å². The molecule has 0 aliphatic carbocycles. The lowest BCUT2D eigenvalue weighted by Gasteiger charge is -2.00. The smallest absolute Gasteiger partial charge is 0.107 e. The topological polar surface area (TPSA) is 53.6 Å². The monoisotopic (exact) mass is 222 g/mol. The molecule has 2 rings (SSSR count). The van der Waals surface area contributed by atoms with Crippen molar-refractivity contribution in [2.45, 2.75) is 26.9 Å². The molecule has 0 aliphatic heterocycles. The Bertz CT molecular complexity index is 432. The summed E-state index contributed by atoms with van der Waals surface area (Å²) in [4.78, 5) is 4.38. The zero-order valence-corrected chi connectivity index (χ0v) is 9.69. The van der Waals surface area contributed by atoms with Crippen molar-refractivity contribution in [1.29, 1.82) is 0 Å². The number of hydrogen-bond donors (Lipinski definition) is 2. The first-order valence-corrected chi connectivity index (χ1v) is 5.74. The number of rotatable bonds is 4. The van der Waals surface area contributed by atoms with Gasteiger partial charge in [-0.25, -0.2) is 4.98 Å². The Morgan fingerprint density at radius 2 is 2.27 bits per heavy atom. The second-order valence-electron chi connectivity index (χ2n) is 3.51. The van der Waals surface area contributed by atoms with Gasteiger partial charge in [0.15, 0.2) is 0 Å². The first-order chi connectivity index (χ1) is 7.25. The molecular formula is C10H14N4S. The van der Waals surface area contributed by atoms with E-state index in [1.54, 1.807) is 11.3 Å². The molecular weight excluding hydrogens is 208 g/mol. The highest BCUT2D eigenvalue weighted by Crippen LogP contribution is 2.08. The number of nitrogens with one attached hydrogen (secondary N) is 2. The normalized spacial score (nSPS) is 10.8. The first-order valence-electron chi connectivity index (χ1n) is 4.86. The van der Waals surface area contributed by atoms with Crippen molar-refractivity contribution in [3.63, 3.8) is 0 Å².